The maximum atomic E-state index is 6.04. The van der Waals surface area contributed by atoms with E-state index in [0.717, 1.165) is 6.61 Å². The van der Waals surface area contributed by atoms with E-state index in [2.05, 4.69) is 36.5 Å². The molecule has 1 aromatic carbocycles. The zero-order valence-corrected chi connectivity index (χ0v) is 10.5. The van der Waals surface area contributed by atoms with Crippen LogP contribution in [0.25, 0.3) is 0 Å². The summed E-state index contributed by atoms with van der Waals surface area (Å²) in [5.41, 5.74) is 2.65. The smallest absolute Gasteiger partial charge is 0.0892 e. The average molecular weight is 231 g/mol. The highest BCUT2D eigenvalue weighted by Gasteiger charge is 2.38. The summed E-state index contributed by atoms with van der Waals surface area (Å²) in [6, 6.07) is 9.23. The Balaban J connectivity index is 1.94. The molecule has 0 amide bonds. The molecule has 2 aliphatic rings. The molecule has 1 saturated heterocycles. The Kier molecular flexibility index (Phi) is 3.06. The molecule has 1 aromatic rings. The zero-order valence-electron chi connectivity index (χ0n) is 10.5. The van der Waals surface area contributed by atoms with Gasteiger partial charge in [-0.3, -0.25) is 0 Å². The van der Waals surface area contributed by atoms with Gasteiger partial charge in [-0.25, -0.2) is 0 Å². The molecule has 2 nitrogen and oxygen atoms in total. The number of ether oxygens (including phenoxy) is 1. The van der Waals surface area contributed by atoms with Crippen LogP contribution < -0.4 is 5.32 Å². The van der Waals surface area contributed by atoms with Crippen molar-refractivity contribution < 1.29 is 4.74 Å². The molecule has 2 aliphatic heterocycles. The summed E-state index contributed by atoms with van der Waals surface area (Å²) >= 11 is 0. The Morgan fingerprint density at radius 1 is 1.35 bits per heavy atom. The van der Waals surface area contributed by atoms with Crippen LogP contribution in [0.1, 0.15) is 44.3 Å². The van der Waals surface area contributed by atoms with Gasteiger partial charge in [0.25, 0.3) is 0 Å². The van der Waals surface area contributed by atoms with Gasteiger partial charge in [0.15, 0.2) is 0 Å². The van der Waals surface area contributed by atoms with Gasteiger partial charge in [-0.1, -0.05) is 31.5 Å². The molecule has 0 spiro atoms. The number of hydrogen-bond acceptors (Lipinski definition) is 2. The second kappa shape index (κ2) is 4.69. The third-order valence-electron chi connectivity index (χ3n) is 4.09. The van der Waals surface area contributed by atoms with Crippen molar-refractivity contribution in [3.8, 4) is 0 Å². The lowest BCUT2D eigenvalue weighted by Crippen LogP contribution is -2.41. The predicted molar refractivity (Wildman–Crippen MR) is 70.2 cm³/mol. The molecule has 2 heterocycles. The molecule has 92 valence electrons. The Bertz CT molecular complexity index is 390. The summed E-state index contributed by atoms with van der Waals surface area (Å²) in [5, 5.41) is 3.72. The van der Waals surface area contributed by atoms with E-state index in [4.69, 9.17) is 4.74 Å². The molecule has 2 heteroatoms. The van der Waals surface area contributed by atoms with E-state index in [1.807, 2.05) is 0 Å². The van der Waals surface area contributed by atoms with Crippen LogP contribution >= 0.6 is 0 Å². The summed E-state index contributed by atoms with van der Waals surface area (Å²) in [5.74, 6) is 0.665. The maximum Gasteiger partial charge on any atom is 0.0892 e. The van der Waals surface area contributed by atoms with Crippen LogP contribution in [-0.4, -0.2) is 12.6 Å². The summed E-state index contributed by atoms with van der Waals surface area (Å²) < 4.78 is 6.04. The molecule has 1 N–H and O–H groups in total. The lowest BCUT2D eigenvalue weighted by atomic mass is 9.78. The van der Waals surface area contributed by atoms with Crippen LogP contribution in [0.15, 0.2) is 24.3 Å². The minimum atomic E-state index is 0.331. The van der Waals surface area contributed by atoms with Crippen LogP contribution in [0.4, 0.5) is 5.69 Å². The van der Waals surface area contributed by atoms with Gasteiger partial charge in [-0.05, 0) is 25.3 Å². The van der Waals surface area contributed by atoms with Gasteiger partial charge >= 0.3 is 0 Å². The first kappa shape index (κ1) is 11.1. The monoisotopic (exact) mass is 231 g/mol. The first-order chi connectivity index (χ1) is 8.40. The van der Waals surface area contributed by atoms with Crippen LogP contribution in [0.3, 0.4) is 0 Å². The second-order valence-electron chi connectivity index (χ2n) is 5.22. The minimum Gasteiger partial charge on any atom is -0.382 e. The Hall–Kier alpha value is -1.02. The van der Waals surface area contributed by atoms with Gasteiger partial charge in [0, 0.05) is 29.8 Å². The number of rotatable bonds is 2. The van der Waals surface area contributed by atoms with E-state index in [9.17, 15) is 0 Å². The lowest BCUT2D eigenvalue weighted by molar-refractivity contribution is -0.0385. The minimum absolute atomic E-state index is 0.331. The summed E-state index contributed by atoms with van der Waals surface area (Å²) in [4.78, 5) is 0. The number of benzene rings is 1. The molecule has 0 radical (unpaired) electrons. The van der Waals surface area contributed by atoms with Gasteiger partial charge < -0.3 is 10.1 Å². The molecule has 1 fully saturated rings. The normalized spacial score (nSPS) is 31.2. The third-order valence-corrected chi connectivity index (χ3v) is 4.09. The lowest BCUT2D eigenvalue weighted by Gasteiger charge is -2.43. The fourth-order valence-electron chi connectivity index (χ4n) is 3.32. The highest BCUT2D eigenvalue weighted by atomic mass is 16.5. The quantitative estimate of drug-likeness (QED) is 0.837. The molecule has 0 aliphatic carbocycles. The molecule has 0 unspecified atom stereocenters. The number of fused-ring (bicyclic) bond motifs is 3. The molecule has 3 rings (SSSR count). The molecular formula is C15H21NO. The standard InChI is InChI=1S/C15H21NO/c1-2-6-13-12-8-5-10-17-15(12)11-7-3-4-9-14(11)16-13/h3-4,7,9,12-13,15-16H,2,5-6,8,10H2,1H3/t12-,13+,15-/m1/s1. The molecule has 0 saturated carbocycles. The van der Waals surface area contributed by atoms with Crippen LogP contribution in [0, 0.1) is 5.92 Å². The van der Waals surface area contributed by atoms with Crippen molar-refractivity contribution >= 4 is 5.69 Å². The van der Waals surface area contributed by atoms with Gasteiger partial charge in [-0.2, -0.15) is 0 Å². The molecule has 0 aromatic heterocycles. The SMILES string of the molecule is CCC[C@@H]1Nc2ccccc2[C@H]2OCCC[C@H]12. The fraction of sp³-hybridized carbons (Fsp3) is 0.600. The largest absolute Gasteiger partial charge is 0.382 e. The first-order valence-corrected chi connectivity index (χ1v) is 6.87. The topological polar surface area (TPSA) is 21.3 Å². The molecule has 3 atom stereocenters. The third kappa shape index (κ3) is 1.95. The van der Waals surface area contributed by atoms with E-state index in [1.165, 1.54) is 36.9 Å². The van der Waals surface area contributed by atoms with Crippen molar-refractivity contribution in [3.63, 3.8) is 0 Å². The van der Waals surface area contributed by atoms with Crippen molar-refractivity contribution in [2.75, 3.05) is 11.9 Å². The number of nitrogens with one attached hydrogen (secondary N) is 1. The van der Waals surface area contributed by atoms with E-state index in [1.54, 1.807) is 0 Å². The van der Waals surface area contributed by atoms with E-state index in [0.29, 0.717) is 18.1 Å². The second-order valence-corrected chi connectivity index (χ2v) is 5.22. The van der Waals surface area contributed by atoms with Gasteiger partial charge in [0.05, 0.1) is 6.10 Å². The van der Waals surface area contributed by atoms with Crippen LogP contribution in [-0.2, 0) is 4.74 Å². The van der Waals surface area contributed by atoms with Crippen molar-refractivity contribution in [2.24, 2.45) is 5.92 Å². The Morgan fingerprint density at radius 2 is 2.24 bits per heavy atom. The van der Waals surface area contributed by atoms with Crippen molar-refractivity contribution in [1.82, 2.24) is 0 Å². The predicted octanol–water partition coefficient (Wildman–Crippen LogP) is 3.75. The van der Waals surface area contributed by atoms with E-state index in [-0.39, 0.29) is 0 Å². The zero-order chi connectivity index (χ0) is 11.7. The van der Waals surface area contributed by atoms with Crippen molar-refractivity contribution in [3.05, 3.63) is 29.8 Å². The van der Waals surface area contributed by atoms with Crippen molar-refractivity contribution in [1.29, 1.82) is 0 Å². The average Bonchev–Trinajstić information content (AvgIpc) is 2.39. The van der Waals surface area contributed by atoms with Gasteiger partial charge in [0.2, 0.25) is 0 Å². The Morgan fingerprint density at radius 3 is 3.12 bits per heavy atom. The van der Waals surface area contributed by atoms with Crippen molar-refractivity contribution in [2.45, 2.75) is 44.8 Å². The highest BCUT2D eigenvalue weighted by Crippen LogP contribution is 2.44. The van der Waals surface area contributed by atoms with Crippen LogP contribution in [0.5, 0.6) is 0 Å². The highest BCUT2D eigenvalue weighted by molar-refractivity contribution is 5.55. The summed E-state index contributed by atoms with van der Waals surface area (Å²) in [7, 11) is 0. The number of hydrogen-bond donors (Lipinski definition) is 1. The fourth-order valence-corrected chi connectivity index (χ4v) is 3.32. The van der Waals surface area contributed by atoms with E-state index >= 15 is 0 Å². The molecule has 0 bridgehead atoms. The number of anilines is 1. The number of para-hydroxylation sites is 1. The van der Waals surface area contributed by atoms with Crippen LogP contribution in [0.2, 0.25) is 0 Å². The maximum absolute atomic E-state index is 6.04. The first-order valence-electron chi connectivity index (χ1n) is 6.87. The van der Waals surface area contributed by atoms with Gasteiger partial charge in [-0.15, -0.1) is 0 Å². The Labute approximate surface area is 103 Å². The summed E-state index contributed by atoms with van der Waals surface area (Å²) in [6.07, 6.45) is 5.34. The van der Waals surface area contributed by atoms with Gasteiger partial charge in [0.1, 0.15) is 0 Å². The molecule has 17 heavy (non-hydrogen) atoms. The summed E-state index contributed by atoms with van der Waals surface area (Å²) in [6.45, 7) is 3.19. The van der Waals surface area contributed by atoms with E-state index < -0.39 is 0 Å². The molecular weight excluding hydrogens is 210 g/mol.